The van der Waals surface area contributed by atoms with Gasteiger partial charge in [-0.1, -0.05) is 6.92 Å². The summed E-state index contributed by atoms with van der Waals surface area (Å²) in [4.78, 5) is 2.54. The lowest BCUT2D eigenvalue weighted by Crippen LogP contribution is -2.45. The first-order chi connectivity index (χ1) is 6.67. The first-order valence-corrected chi connectivity index (χ1v) is 7.01. The van der Waals surface area contributed by atoms with Crippen molar-refractivity contribution < 1.29 is 0 Å². The second kappa shape index (κ2) is 8.57. The van der Waals surface area contributed by atoms with Crippen molar-refractivity contribution in [2.24, 2.45) is 5.73 Å². The molecule has 0 heterocycles. The Kier molecular flexibility index (Phi) is 8.73. The number of rotatable bonds is 8. The Labute approximate surface area is 93.6 Å². The lowest BCUT2D eigenvalue weighted by atomic mass is 10.1. The largest absolute Gasteiger partial charge is 0.329 e. The van der Waals surface area contributed by atoms with Crippen LogP contribution in [0.1, 0.15) is 33.6 Å². The monoisotopic (exact) mass is 218 g/mol. The molecule has 1 unspecified atom stereocenters. The van der Waals surface area contributed by atoms with Gasteiger partial charge in [-0.15, -0.1) is 0 Å². The first kappa shape index (κ1) is 14.3. The molecule has 0 amide bonds. The zero-order valence-electron chi connectivity index (χ0n) is 10.1. The van der Waals surface area contributed by atoms with Gasteiger partial charge in [-0.25, -0.2) is 0 Å². The van der Waals surface area contributed by atoms with Crippen LogP contribution in [0.2, 0.25) is 0 Å². The van der Waals surface area contributed by atoms with Gasteiger partial charge in [-0.05, 0) is 45.2 Å². The fourth-order valence-electron chi connectivity index (χ4n) is 1.79. The number of hydrogen-bond acceptors (Lipinski definition) is 3. The third-order valence-corrected chi connectivity index (χ3v) is 3.19. The van der Waals surface area contributed by atoms with E-state index in [4.69, 9.17) is 5.73 Å². The molecule has 0 aliphatic heterocycles. The Bertz CT molecular complexity index is 128. The maximum absolute atomic E-state index is 5.83. The van der Waals surface area contributed by atoms with Crippen molar-refractivity contribution in [1.82, 2.24) is 4.90 Å². The molecule has 0 radical (unpaired) electrons. The van der Waals surface area contributed by atoms with Gasteiger partial charge in [0.05, 0.1) is 0 Å². The molecule has 2 N–H and O–H groups in total. The van der Waals surface area contributed by atoms with Gasteiger partial charge in [0.15, 0.2) is 0 Å². The topological polar surface area (TPSA) is 29.3 Å². The molecule has 0 aromatic carbocycles. The first-order valence-electron chi connectivity index (χ1n) is 5.62. The smallest absolute Gasteiger partial charge is 0.0228 e. The fraction of sp³-hybridized carbons (Fsp3) is 1.00. The number of nitrogens with zero attached hydrogens (tertiary/aromatic N) is 1. The number of thioether (sulfide) groups is 1. The molecule has 0 aliphatic rings. The summed E-state index contributed by atoms with van der Waals surface area (Å²) in [5.41, 5.74) is 5.83. The molecule has 1 atom stereocenters. The van der Waals surface area contributed by atoms with E-state index in [0.29, 0.717) is 12.1 Å². The molecule has 0 aromatic rings. The third kappa shape index (κ3) is 5.23. The number of nitrogens with two attached hydrogens (primary N) is 1. The van der Waals surface area contributed by atoms with Gasteiger partial charge >= 0.3 is 0 Å². The van der Waals surface area contributed by atoms with Crippen molar-refractivity contribution in [3.05, 3.63) is 0 Å². The normalized spacial score (nSPS) is 13.9. The van der Waals surface area contributed by atoms with Gasteiger partial charge in [0, 0.05) is 18.6 Å². The molecular formula is C11H26N2S. The standard InChI is InChI=1S/C11H26N2S/c1-5-7-13(10(2)3)11(9-12)6-8-14-4/h10-11H,5-9,12H2,1-4H3. The molecule has 0 rings (SSSR count). The van der Waals surface area contributed by atoms with Crippen LogP contribution < -0.4 is 5.73 Å². The minimum atomic E-state index is 0.572. The predicted octanol–water partition coefficient (Wildman–Crippen LogP) is 2.19. The van der Waals surface area contributed by atoms with Crippen LogP contribution in [0.25, 0.3) is 0 Å². The highest BCUT2D eigenvalue weighted by atomic mass is 32.2. The predicted molar refractivity (Wildman–Crippen MR) is 68.0 cm³/mol. The Hall–Kier alpha value is 0.270. The van der Waals surface area contributed by atoms with Crippen LogP contribution in [0.4, 0.5) is 0 Å². The lowest BCUT2D eigenvalue weighted by Gasteiger charge is -2.34. The average Bonchev–Trinajstić information content (AvgIpc) is 2.17. The van der Waals surface area contributed by atoms with Gasteiger partial charge in [0.1, 0.15) is 0 Å². The molecule has 0 aliphatic carbocycles. The van der Waals surface area contributed by atoms with E-state index in [0.717, 1.165) is 6.54 Å². The Morgan fingerprint density at radius 1 is 1.36 bits per heavy atom. The SMILES string of the molecule is CCCN(C(C)C)C(CN)CCSC. The van der Waals surface area contributed by atoms with Crippen LogP contribution in [0.3, 0.4) is 0 Å². The summed E-state index contributed by atoms with van der Waals surface area (Å²) in [6.07, 6.45) is 4.59. The van der Waals surface area contributed by atoms with Crippen molar-refractivity contribution in [1.29, 1.82) is 0 Å². The molecule has 0 spiro atoms. The Balaban J connectivity index is 4.11. The number of hydrogen-bond donors (Lipinski definition) is 1. The summed E-state index contributed by atoms with van der Waals surface area (Å²) < 4.78 is 0. The van der Waals surface area contributed by atoms with Crippen molar-refractivity contribution in [2.75, 3.05) is 25.1 Å². The van der Waals surface area contributed by atoms with E-state index in [1.165, 1.54) is 25.1 Å². The second-order valence-corrected chi connectivity index (χ2v) is 4.99. The zero-order chi connectivity index (χ0) is 11.0. The summed E-state index contributed by atoms with van der Waals surface area (Å²) in [5, 5.41) is 0. The van der Waals surface area contributed by atoms with E-state index in [2.05, 4.69) is 31.9 Å². The highest BCUT2D eigenvalue weighted by Crippen LogP contribution is 2.11. The van der Waals surface area contributed by atoms with Gasteiger partial charge in [-0.2, -0.15) is 11.8 Å². The molecule has 0 bridgehead atoms. The molecular weight excluding hydrogens is 192 g/mol. The van der Waals surface area contributed by atoms with Crippen LogP contribution in [0.5, 0.6) is 0 Å². The van der Waals surface area contributed by atoms with Gasteiger partial charge in [0.25, 0.3) is 0 Å². The molecule has 0 saturated heterocycles. The van der Waals surface area contributed by atoms with Crippen molar-refractivity contribution in [3.63, 3.8) is 0 Å². The quantitative estimate of drug-likeness (QED) is 0.677. The Morgan fingerprint density at radius 2 is 2.00 bits per heavy atom. The minimum Gasteiger partial charge on any atom is -0.329 e. The van der Waals surface area contributed by atoms with Crippen LogP contribution >= 0.6 is 11.8 Å². The summed E-state index contributed by atoms with van der Waals surface area (Å²) in [6, 6.07) is 1.19. The van der Waals surface area contributed by atoms with Crippen molar-refractivity contribution >= 4 is 11.8 Å². The average molecular weight is 218 g/mol. The summed E-state index contributed by atoms with van der Waals surface area (Å²) >= 11 is 1.91. The lowest BCUT2D eigenvalue weighted by molar-refractivity contribution is 0.154. The van der Waals surface area contributed by atoms with Gasteiger partial charge in [-0.3, -0.25) is 4.90 Å². The zero-order valence-corrected chi connectivity index (χ0v) is 10.9. The van der Waals surface area contributed by atoms with Gasteiger partial charge in [0.2, 0.25) is 0 Å². The molecule has 0 fully saturated rings. The van der Waals surface area contributed by atoms with E-state index in [1.807, 2.05) is 11.8 Å². The molecule has 2 nitrogen and oxygen atoms in total. The van der Waals surface area contributed by atoms with E-state index < -0.39 is 0 Å². The van der Waals surface area contributed by atoms with Crippen molar-refractivity contribution in [3.8, 4) is 0 Å². The molecule has 86 valence electrons. The third-order valence-electron chi connectivity index (χ3n) is 2.54. The van der Waals surface area contributed by atoms with E-state index in [9.17, 15) is 0 Å². The molecule has 0 aromatic heterocycles. The van der Waals surface area contributed by atoms with Crippen LogP contribution in [-0.4, -0.2) is 42.1 Å². The van der Waals surface area contributed by atoms with E-state index in [1.54, 1.807) is 0 Å². The van der Waals surface area contributed by atoms with E-state index in [-0.39, 0.29) is 0 Å². The minimum absolute atomic E-state index is 0.572. The maximum Gasteiger partial charge on any atom is 0.0228 e. The summed E-state index contributed by atoms with van der Waals surface area (Å²) in [7, 11) is 0. The van der Waals surface area contributed by atoms with Crippen LogP contribution in [-0.2, 0) is 0 Å². The highest BCUT2D eigenvalue weighted by Gasteiger charge is 2.18. The molecule has 3 heteroatoms. The molecule has 0 saturated carbocycles. The molecule has 14 heavy (non-hydrogen) atoms. The van der Waals surface area contributed by atoms with Gasteiger partial charge < -0.3 is 5.73 Å². The van der Waals surface area contributed by atoms with E-state index >= 15 is 0 Å². The Morgan fingerprint density at radius 3 is 2.36 bits per heavy atom. The summed E-state index contributed by atoms with van der Waals surface area (Å²) in [6.45, 7) is 8.72. The summed E-state index contributed by atoms with van der Waals surface area (Å²) in [5.74, 6) is 1.22. The van der Waals surface area contributed by atoms with Crippen molar-refractivity contribution in [2.45, 2.75) is 45.7 Å². The van der Waals surface area contributed by atoms with Crippen LogP contribution in [0.15, 0.2) is 0 Å². The highest BCUT2D eigenvalue weighted by molar-refractivity contribution is 7.98. The maximum atomic E-state index is 5.83. The van der Waals surface area contributed by atoms with Crippen LogP contribution in [0, 0.1) is 0 Å². The fourth-order valence-corrected chi connectivity index (χ4v) is 2.30. The second-order valence-electron chi connectivity index (χ2n) is 4.00.